The fraction of sp³-hybridized carbons (Fsp3) is 0. The first-order valence-electron chi connectivity index (χ1n) is 5.87. The standard InChI is InChI=1S/C14H5Cl4NO2S/c15-9-7(8(14(20)21)10(16)12(18)11(9)17)13-19-5-3-1-2-4-6(5)22-13/h1-4H,(H,20,21). The molecule has 112 valence electrons. The number of hydrogen-bond acceptors (Lipinski definition) is 3. The fourth-order valence-corrected chi connectivity index (χ4v) is 4.11. The van der Waals surface area contributed by atoms with Gasteiger partial charge in [-0.05, 0) is 12.1 Å². The van der Waals surface area contributed by atoms with Crippen LogP contribution >= 0.6 is 57.7 Å². The number of carboxylic acid groups (broad SMARTS) is 1. The van der Waals surface area contributed by atoms with Crippen molar-refractivity contribution in [1.29, 1.82) is 0 Å². The Bertz CT molecular complexity index is 890. The number of fused-ring (bicyclic) bond motifs is 1. The van der Waals surface area contributed by atoms with E-state index < -0.39 is 5.97 Å². The van der Waals surface area contributed by atoms with Crippen LogP contribution < -0.4 is 0 Å². The Hall–Kier alpha value is -1.04. The topological polar surface area (TPSA) is 50.2 Å². The molecule has 0 fully saturated rings. The van der Waals surface area contributed by atoms with E-state index in [4.69, 9.17) is 46.4 Å². The van der Waals surface area contributed by atoms with Crippen molar-refractivity contribution in [3.05, 3.63) is 49.9 Å². The van der Waals surface area contributed by atoms with Gasteiger partial charge in [0.05, 0.1) is 35.9 Å². The predicted molar refractivity (Wildman–Crippen MR) is 92.1 cm³/mol. The third kappa shape index (κ3) is 2.45. The van der Waals surface area contributed by atoms with E-state index in [1.165, 1.54) is 11.3 Å². The van der Waals surface area contributed by atoms with Gasteiger partial charge in [0.1, 0.15) is 5.01 Å². The number of nitrogens with zero attached hydrogens (tertiary/aromatic N) is 1. The first-order valence-corrected chi connectivity index (χ1v) is 8.19. The van der Waals surface area contributed by atoms with Crippen molar-refractivity contribution in [3.8, 4) is 10.6 Å². The summed E-state index contributed by atoms with van der Waals surface area (Å²) in [6, 6.07) is 7.41. The maximum atomic E-state index is 11.6. The molecule has 0 aliphatic carbocycles. The van der Waals surface area contributed by atoms with Gasteiger partial charge in [0, 0.05) is 5.56 Å². The van der Waals surface area contributed by atoms with Crippen molar-refractivity contribution in [2.45, 2.75) is 0 Å². The molecule has 1 N–H and O–H groups in total. The van der Waals surface area contributed by atoms with E-state index in [-0.39, 0.29) is 31.2 Å². The molecule has 0 spiro atoms. The monoisotopic (exact) mass is 391 g/mol. The number of para-hydroxylation sites is 1. The minimum absolute atomic E-state index is 0.00703. The molecule has 0 atom stereocenters. The van der Waals surface area contributed by atoms with Crippen LogP contribution in [0.1, 0.15) is 10.4 Å². The van der Waals surface area contributed by atoms with Crippen LogP contribution in [-0.4, -0.2) is 16.1 Å². The second kappa shape index (κ2) is 5.87. The third-order valence-electron chi connectivity index (χ3n) is 2.99. The van der Waals surface area contributed by atoms with Crippen LogP contribution in [0.4, 0.5) is 0 Å². The van der Waals surface area contributed by atoms with Crippen LogP contribution in [0.5, 0.6) is 0 Å². The van der Waals surface area contributed by atoms with Crippen molar-refractivity contribution < 1.29 is 9.90 Å². The highest BCUT2D eigenvalue weighted by molar-refractivity contribution is 7.21. The number of halogens is 4. The summed E-state index contributed by atoms with van der Waals surface area (Å²) in [4.78, 5) is 16.0. The molecule has 3 aromatic rings. The smallest absolute Gasteiger partial charge is 0.338 e. The number of aromatic carboxylic acids is 1. The van der Waals surface area contributed by atoms with Gasteiger partial charge in [-0.1, -0.05) is 58.5 Å². The minimum atomic E-state index is -1.25. The van der Waals surface area contributed by atoms with E-state index in [0.717, 1.165) is 10.2 Å². The summed E-state index contributed by atoms with van der Waals surface area (Å²) in [5, 5.41) is 9.66. The summed E-state index contributed by atoms with van der Waals surface area (Å²) in [5.41, 5.74) is 0.701. The first kappa shape index (κ1) is 15.8. The molecule has 0 aliphatic heterocycles. The van der Waals surface area contributed by atoms with Crippen molar-refractivity contribution in [2.75, 3.05) is 0 Å². The average Bonchev–Trinajstić information content (AvgIpc) is 2.91. The molecule has 2 aromatic carbocycles. The molecule has 0 aliphatic rings. The highest BCUT2D eigenvalue weighted by Crippen LogP contribution is 2.47. The normalized spacial score (nSPS) is 11.1. The summed E-state index contributed by atoms with van der Waals surface area (Å²) in [6.07, 6.45) is 0. The quantitative estimate of drug-likeness (QED) is 0.412. The van der Waals surface area contributed by atoms with Crippen LogP contribution in [0.2, 0.25) is 20.1 Å². The lowest BCUT2D eigenvalue weighted by atomic mass is 10.1. The lowest BCUT2D eigenvalue weighted by molar-refractivity contribution is 0.0698. The van der Waals surface area contributed by atoms with Gasteiger partial charge in [-0.3, -0.25) is 0 Å². The summed E-state index contributed by atoms with van der Waals surface area (Å²) in [5.74, 6) is -1.25. The number of carbonyl (C=O) groups is 1. The summed E-state index contributed by atoms with van der Waals surface area (Å²) < 4.78 is 0.895. The zero-order valence-corrected chi connectivity index (χ0v) is 14.4. The molecule has 22 heavy (non-hydrogen) atoms. The van der Waals surface area contributed by atoms with Crippen molar-refractivity contribution >= 4 is 73.9 Å². The van der Waals surface area contributed by atoms with Crippen molar-refractivity contribution in [2.24, 2.45) is 0 Å². The predicted octanol–water partition coefficient (Wildman–Crippen LogP) is 6.28. The van der Waals surface area contributed by atoms with Gasteiger partial charge in [-0.25, -0.2) is 9.78 Å². The van der Waals surface area contributed by atoms with E-state index in [1.54, 1.807) is 0 Å². The molecule has 1 aromatic heterocycles. The molecule has 3 rings (SSSR count). The highest BCUT2D eigenvalue weighted by Gasteiger charge is 2.27. The van der Waals surface area contributed by atoms with Gasteiger partial charge in [0.2, 0.25) is 0 Å². The molecule has 0 bridgehead atoms. The summed E-state index contributed by atoms with van der Waals surface area (Å²) >= 11 is 25.5. The van der Waals surface area contributed by atoms with Crippen LogP contribution in [0.25, 0.3) is 20.8 Å². The number of carboxylic acids is 1. The maximum Gasteiger partial charge on any atom is 0.338 e. The second-order valence-corrected chi connectivity index (χ2v) is 6.84. The Morgan fingerprint density at radius 1 is 1.00 bits per heavy atom. The Balaban J connectivity index is 2.41. The average molecular weight is 393 g/mol. The minimum Gasteiger partial charge on any atom is -0.478 e. The van der Waals surface area contributed by atoms with Gasteiger partial charge >= 0.3 is 5.97 Å². The second-order valence-electron chi connectivity index (χ2n) is 4.30. The Morgan fingerprint density at radius 3 is 2.27 bits per heavy atom. The first-order chi connectivity index (χ1) is 10.4. The summed E-state index contributed by atoms with van der Waals surface area (Å²) in [7, 11) is 0. The lowest BCUT2D eigenvalue weighted by Gasteiger charge is -2.11. The fourth-order valence-electron chi connectivity index (χ4n) is 2.01. The largest absolute Gasteiger partial charge is 0.478 e. The van der Waals surface area contributed by atoms with Gasteiger partial charge < -0.3 is 5.11 Å². The zero-order chi connectivity index (χ0) is 16.0. The highest BCUT2D eigenvalue weighted by atomic mass is 35.5. The molecule has 0 unspecified atom stereocenters. The van der Waals surface area contributed by atoms with Crippen LogP contribution in [-0.2, 0) is 0 Å². The van der Waals surface area contributed by atoms with E-state index in [2.05, 4.69) is 4.98 Å². The molecule has 0 amide bonds. The molecule has 0 saturated carbocycles. The SMILES string of the molecule is O=C(O)c1c(Cl)c(Cl)c(Cl)c(Cl)c1-c1nc2ccccc2s1. The molecular formula is C14H5Cl4NO2S. The van der Waals surface area contributed by atoms with Crippen molar-refractivity contribution in [3.63, 3.8) is 0 Å². The van der Waals surface area contributed by atoms with Gasteiger partial charge in [-0.2, -0.15) is 0 Å². The summed E-state index contributed by atoms with van der Waals surface area (Å²) in [6.45, 7) is 0. The Labute approximate surface area is 149 Å². The van der Waals surface area contributed by atoms with E-state index in [9.17, 15) is 9.90 Å². The number of rotatable bonds is 2. The number of aromatic nitrogens is 1. The zero-order valence-electron chi connectivity index (χ0n) is 10.5. The van der Waals surface area contributed by atoms with E-state index >= 15 is 0 Å². The molecule has 8 heteroatoms. The van der Waals surface area contributed by atoms with Gasteiger partial charge in [-0.15, -0.1) is 11.3 Å². The molecule has 1 heterocycles. The molecule has 0 radical (unpaired) electrons. The van der Waals surface area contributed by atoms with Gasteiger partial charge in [0.15, 0.2) is 0 Å². The number of hydrogen-bond donors (Lipinski definition) is 1. The number of thiazole rings is 1. The van der Waals surface area contributed by atoms with E-state index in [0.29, 0.717) is 5.01 Å². The van der Waals surface area contributed by atoms with E-state index in [1.807, 2.05) is 24.3 Å². The molecule has 3 nitrogen and oxygen atoms in total. The van der Waals surface area contributed by atoms with Crippen LogP contribution in [0.3, 0.4) is 0 Å². The van der Waals surface area contributed by atoms with Crippen LogP contribution in [0, 0.1) is 0 Å². The third-order valence-corrected chi connectivity index (χ3v) is 5.84. The lowest BCUT2D eigenvalue weighted by Crippen LogP contribution is -2.03. The maximum absolute atomic E-state index is 11.6. The van der Waals surface area contributed by atoms with Gasteiger partial charge in [0.25, 0.3) is 0 Å². The Morgan fingerprint density at radius 2 is 1.64 bits per heavy atom. The Kier molecular flexibility index (Phi) is 4.23. The van der Waals surface area contributed by atoms with Crippen molar-refractivity contribution in [1.82, 2.24) is 4.98 Å². The van der Waals surface area contributed by atoms with Crippen LogP contribution in [0.15, 0.2) is 24.3 Å². The molecule has 0 saturated heterocycles. The molecular weight excluding hydrogens is 388 g/mol. The number of benzene rings is 2.